The molecule has 0 amide bonds. The summed E-state index contributed by atoms with van der Waals surface area (Å²) in [6.45, 7) is 7.29. The molecule has 9 heteroatoms. The van der Waals surface area contributed by atoms with Gasteiger partial charge in [0.15, 0.2) is 17.5 Å². The highest BCUT2D eigenvalue weighted by atomic mass is 127. The predicted molar refractivity (Wildman–Crippen MR) is 137 cm³/mol. The van der Waals surface area contributed by atoms with E-state index in [-0.39, 0.29) is 30.0 Å². The lowest BCUT2D eigenvalue weighted by Gasteiger charge is -2.35. The van der Waals surface area contributed by atoms with Crippen LogP contribution in [0.1, 0.15) is 24.2 Å². The number of morpholine rings is 1. The molecular weight excluding hydrogens is 521 g/mol. The maximum Gasteiger partial charge on any atom is 0.191 e. The molecule has 2 N–H and O–H groups in total. The van der Waals surface area contributed by atoms with Crippen molar-refractivity contribution in [1.82, 2.24) is 20.5 Å². The van der Waals surface area contributed by atoms with Crippen LogP contribution in [0.5, 0.6) is 11.5 Å². The Morgan fingerprint density at radius 2 is 1.91 bits per heavy atom. The fraction of sp³-hybridized carbons (Fsp3) is 0.478. The van der Waals surface area contributed by atoms with E-state index in [0.717, 1.165) is 61.6 Å². The fourth-order valence-electron chi connectivity index (χ4n) is 3.59. The summed E-state index contributed by atoms with van der Waals surface area (Å²) in [5.74, 6) is 2.23. The number of nitrogens with zero attached hydrogens (tertiary/aromatic N) is 3. The average molecular weight is 555 g/mol. The van der Waals surface area contributed by atoms with E-state index in [1.54, 1.807) is 20.4 Å². The summed E-state index contributed by atoms with van der Waals surface area (Å²) in [4.78, 5) is 11.5. The first-order valence-electron chi connectivity index (χ1n) is 10.7. The molecule has 32 heavy (non-hydrogen) atoms. The van der Waals surface area contributed by atoms with Gasteiger partial charge in [-0.2, -0.15) is 0 Å². The molecule has 0 spiro atoms. The Morgan fingerprint density at radius 1 is 1.12 bits per heavy atom. The second-order valence-electron chi connectivity index (χ2n) is 7.18. The van der Waals surface area contributed by atoms with E-state index in [9.17, 15) is 0 Å². The van der Waals surface area contributed by atoms with E-state index < -0.39 is 0 Å². The van der Waals surface area contributed by atoms with E-state index in [2.05, 4.69) is 39.6 Å². The summed E-state index contributed by atoms with van der Waals surface area (Å²) in [6.07, 6.45) is 1.79. The number of methoxy groups -OCH3 is 2. The van der Waals surface area contributed by atoms with E-state index in [1.807, 2.05) is 24.3 Å². The van der Waals surface area contributed by atoms with Gasteiger partial charge in [0.2, 0.25) is 0 Å². The van der Waals surface area contributed by atoms with Gasteiger partial charge in [-0.15, -0.1) is 24.0 Å². The molecule has 0 saturated carbocycles. The molecule has 0 bridgehead atoms. The monoisotopic (exact) mass is 555 g/mol. The average Bonchev–Trinajstić information content (AvgIpc) is 2.83. The lowest BCUT2D eigenvalue weighted by Crippen LogP contribution is -2.46. The number of benzene rings is 1. The summed E-state index contributed by atoms with van der Waals surface area (Å²) in [6, 6.07) is 12.1. The van der Waals surface area contributed by atoms with Gasteiger partial charge in [-0.25, -0.2) is 4.99 Å². The Bertz CT molecular complexity index is 832. The first-order valence-corrected chi connectivity index (χ1v) is 10.7. The molecule has 1 fully saturated rings. The Labute approximate surface area is 207 Å². The van der Waals surface area contributed by atoms with E-state index in [0.29, 0.717) is 13.1 Å². The molecule has 1 aliphatic heterocycles. The highest BCUT2D eigenvalue weighted by Crippen LogP contribution is 2.32. The Kier molecular flexibility index (Phi) is 11.5. The van der Waals surface area contributed by atoms with Crippen LogP contribution in [-0.4, -0.2) is 69.5 Å². The van der Waals surface area contributed by atoms with Crippen LogP contribution in [0.15, 0.2) is 47.6 Å². The number of hydrogen-bond acceptors (Lipinski definition) is 6. The van der Waals surface area contributed by atoms with Gasteiger partial charge >= 0.3 is 0 Å². The van der Waals surface area contributed by atoms with Crippen LogP contribution in [0.2, 0.25) is 0 Å². The minimum absolute atomic E-state index is 0. The van der Waals surface area contributed by atoms with Gasteiger partial charge in [0.1, 0.15) is 0 Å². The number of ether oxygens (including phenoxy) is 3. The van der Waals surface area contributed by atoms with Gasteiger partial charge < -0.3 is 24.8 Å². The highest BCUT2D eigenvalue weighted by molar-refractivity contribution is 14.0. The molecule has 1 unspecified atom stereocenters. The van der Waals surface area contributed by atoms with Gasteiger partial charge in [0.05, 0.1) is 45.7 Å². The number of pyridine rings is 1. The normalized spacial score (nSPS) is 15.4. The molecule has 1 atom stereocenters. The third-order valence-electron chi connectivity index (χ3n) is 5.21. The van der Waals surface area contributed by atoms with E-state index in [1.165, 1.54) is 0 Å². The molecule has 1 aliphatic rings. The molecule has 1 aromatic heterocycles. The van der Waals surface area contributed by atoms with Gasteiger partial charge in [-0.3, -0.25) is 9.88 Å². The van der Waals surface area contributed by atoms with Crippen molar-refractivity contribution in [2.24, 2.45) is 4.99 Å². The third kappa shape index (κ3) is 7.49. The minimum Gasteiger partial charge on any atom is -0.493 e. The van der Waals surface area contributed by atoms with Crippen LogP contribution in [0.3, 0.4) is 0 Å². The van der Waals surface area contributed by atoms with Gasteiger partial charge in [-0.1, -0.05) is 12.1 Å². The number of aliphatic imine (C=N–C) groups is 1. The van der Waals surface area contributed by atoms with Crippen molar-refractivity contribution in [2.45, 2.75) is 19.5 Å². The summed E-state index contributed by atoms with van der Waals surface area (Å²) >= 11 is 0. The Balaban J connectivity index is 0.00000363. The predicted octanol–water partition coefficient (Wildman–Crippen LogP) is 2.85. The lowest BCUT2D eigenvalue weighted by molar-refractivity contribution is 0.0169. The second kappa shape index (κ2) is 14.1. The van der Waals surface area contributed by atoms with Crippen molar-refractivity contribution in [3.63, 3.8) is 0 Å². The first-order chi connectivity index (χ1) is 15.2. The zero-order valence-corrected chi connectivity index (χ0v) is 21.4. The number of rotatable bonds is 9. The van der Waals surface area contributed by atoms with Crippen LogP contribution in [-0.2, 0) is 11.3 Å². The Hall–Kier alpha value is -2.11. The maximum atomic E-state index is 5.57. The second-order valence-corrected chi connectivity index (χ2v) is 7.18. The highest BCUT2D eigenvalue weighted by Gasteiger charge is 2.24. The molecule has 2 heterocycles. The quantitative estimate of drug-likeness (QED) is 0.280. The number of hydrogen-bond donors (Lipinski definition) is 2. The molecule has 1 saturated heterocycles. The summed E-state index contributed by atoms with van der Waals surface area (Å²) in [5.41, 5.74) is 2.09. The van der Waals surface area contributed by atoms with Crippen LogP contribution in [0.25, 0.3) is 0 Å². The van der Waals surface area contributed by atoms with Crippen LogP contribution in [0, 0.1) is 0 Å². The number of nitrogens with one attached hydrogen (secondary N) is 2. The molecule has 1 aromatic carbocycles. The first kappa shape index (κ1) is 26.1. The molecule has 3 rings (SSSR count). The fourth-order valence-corrected chi connectivity index (χ4v) is 3.59. The molecule has 0 aliphatic carbocycles. The number of guanidine groups is 1. The van der Waals surface area contributed by atoms with Crippen molar-refractivity contribution in [1.29, 1.82) is 0 Å². The molecule has 2 aromatic rings. The van der Waals surface area contributed by atoms with Crippen LogP contribution >= 0.6 is 24.0 Å². The van der Waals surface area contributed by atoms with Gasteiger partial charge in [0.25, 0.3) is 0 Å². The Morgan fingerprint density at radius 3 is 2.56 bits per heavy atom. The molecule has 176 valence electrons. The lowest BCUT2D eigenvalue weighted by atomic mass is 10.0. The SMILES string of the molecule is CCNC(=NCc1ccccn1)NCC(c1ccc(OC)c(OC)c1)N1CCOCC1.I. The summed E-state index contributed by atoms with van der Waals surface area (Å²) in [5, 5.41) is 6.84. The molecule has 0 radical (unpaired) electrons. The third-order valence-corrected chi connectivity index (χ3v) is 5.21. The number of halogens is 1. The number of aromatic nitrogens is 1. The van der Waals surface area contributed by atoms with Crippen molar-refractivity contribution < 1.29 is 14.2 Å². The summed E-state index contributed by atoms with van der Waals surface area (Å²) < 4.78 is 16.5. The molecule has 8 nitrogen and oxygen atoms in total. The van der Waals surface area contributed by atoms with Crippen molar-refractivity contribution in [2.75, 3.05) is 53.6 Å². The van der Waals surface area contributed by atoms with E-state index >= 15 is 0 Å². The van der Waals surface area contributed by atoms with Crippen LogP contribution in [0.4, 0.5) is 0 Å². The van der Waals surface area contributed by atoms with E-state index in [4.69, 9.17) is 19.2 Å². The largest absolute Gasteiger partial charge is 0.493 e. The van der Waals surface area contributed by atoms with Crippen molar-refractivity contribution in [3.05, 3.63) is 53.9 Å². The summed E-state index contributed by atoms with van der Waals surface area (Å²) in [7, 11) is 3.32. The zero-order valence-electron chi connectivity index (χ0n) is 19.0. The minimum atomic E-state index is 0. The van der Waals surface area contributed by atoms with Crippen molar-refractivity contribution in [3.8, 4) is 11.5 Å². The van der Waals surface area contributed by atoms with Crippen molar-refractivity contribution >= 4 is 29.9 Å². The molecular formula is C23H34IN5O3. The van der Waals surface area contributed by atoms with Gasteiger partial charge in [0, 0.05) is 32.4 Å². The topological polar surface area (TPSA) is 80.2 Å². The van der Waals surface area contributed by atoms with Crippen LogP contribution < -0.4 is 20.1 Å². The van der Waals surface area contributed by atoms with Gasteiger partial charge in [-0.05, 0) is 36.8 Å². The standard InChI is InChI=1S/C23H33N5O3.HI/c1-4-24-23(26-16-19-7-5-6-10-25-19)27-17-20(28-11-13-31-14-12-28)18-8-9-21(29-2)22(15-18)30-3;/h5-10,15,20H,4,11-14,16-17H2,1-3H3,(H2,24,26,27);1H. The zero-order chi connectivity index (χ0) is 21.9. The maximum absolute atomic E-state index is 5.57. The smallest absolute Gasteiger partial charge is 0.191 e.